The van der Waals surface area contributed by atoms with Crippen molar-refractivity contribution in [1.29, 1.82) is 0 Å². The number of aromatic hydroxyl groups is 1. The van der Waals surface area contributed by atoms with E-state index in [1.54, 1.807) is 24.3 Å². The molecule has 0 aromatic heterocycles. The number of rotatable bonds is 4. The molecule has 0 bridgehead atoms. The molecule has 11 heteroatoms. The normalized spacial score (nSPS) is 11.4. The van der Waals surface area contributed by atoms with Crippen molar-refractivity contribution in [2.45, 2.75) is 4.90 Å². The SMILES string of the molecule is O=[N+](O)c1cc(S(=O)(=O)[O-])ccc1N=Nc1c(O)ccc2ccccc12.[Na+]. The number of phenolic OH excluding ortho intramolecular Hbond substituents is 1. The zero-order valence-electron chi connectivity index (χ0n) is 14.0. The van der Waals surface area contributed by atoms with Gasteiger partial charge in [0.15, 0.2) is 5.69 Å². The van der Waals surface area contributed by atoms with Gasteiger partial charge in [0.1, 0.15) is 21.6 Å². The number of hydrogen-bond acceptors (Lipinski definition) is 7. The molecule has 0 spiro atoms. The number of fused-ring (bicyclic) bond motifs is 1. The smallest absolute Gasteiger partial charge is 0.744 e. The maximum atomic E-state index is 11.3. The van der Waals surface area contributed by atoms with Gasteiger partial charge in [0, 0.05) is 11.5 Å². The third-order valence-corrected chi connectivity index (χ3v) is 4.41. The van der Waals surface area contributed by atoms with Crippen LogP contribution in [0.4, 0.5) is 17.1 Å². The van der Waals surface area contributed by atoms with E-state index in [2.05, 4.69) is 10.2 Å². The van der Waals surface area contributed by atoms with E-state index >= 15 is 0 Å². The number of phenols is 1. The Morgan fingerprint density at radius 2 is 1.70 bits per heavy atom. The second-order valence-corrected chi connectivity index (χ2v) is 6.61. The van der Waals surface area contributed by atoms with Crippen molar-refractivity contribution >= 4 is 38.0 Å². The first-order valence-electron chi connectivity index (χ1n) is 7.16. The molecular formula is C16H11N3NaO6S+. The molecule has 0 aliphatic rings. The fourth-order valence-corrected chi connectivity index (χ4v) is 2.84. The largest absolute Gasteiger partial charge is 1.00 e. The summed E-state index contributed by atoms with van der Waals surface area (Å²) in [4.78, 5) is 9.94. The molecule has 27 heavy (non-hydrogen) atoms. The van der Waals surface area contributed by atoms with Gasteiger partial charge in [-0.15, -0.1) is 10.2 Å². The van der Waals surface area contributed by atoms with Crippen LogP contribution in [-0.4, -0.2) is 28.2 Å². The van der Waals surface area contributed by atoms with E-state index in [0.29, 0.717) is 11.5 Å². The van der Waals surface area contributed by atoms with Crippen LogP contribution in [0.5, 0.6) is 5.75 Å². The van der Waals surface area contributed by atoms with Crippen LogP contribution in [0.25, 0.3) is 10.8 Å². The minimum Gasteiger partial charge on any atom is -0.744 e. The monoisotopic (exact) mass is 396 g/mol. The van der Waals surface area contributed by atoms with Gasteiger partial charge < -0.3 is 9.66 Å². The van der Waals surface area contributed by atoms with E-state index in [0.717, 1.165) is 17.5 Å². The second-order valence-electron chi connectivity index (χ2n) is 5.23. The Kier molecular flexibility index (Phi) is 6.29. The molecule has 0 aliphatic heterocycles. The van der Waals surface area contributed by atoms with E-state index in [1.165, 1.54) is 6.07 Å². The minimum absolute atomic E-state index is 0. The van der Waals surface area contributed by atoms with Crippen LogP contribution in [0.2, 0.25) is 0 Å². The quantitative estimate of drug-likeness (QED) is 0.287. The molecule has 9 nitrogen and oxygen atoms in total. The Morgan fingerprint density at radius 1 is 1.00 bits per heavy atom. The van der Waals surface area contributed by atoms with Crippen LogP contribution >= 0.6 is 0 Å². The van der Waals surface area contributed by atoms with Gasteiger partial charge >= 0.3 is 35.2 Å². The van der Waals surface area contributed by atoms with E-state index in [9.17, 15) is 23.0 Å². The van der Waals surface area contributed by atoms with Crippen molar-refractivity contribution in [3.05, 3.63) is 59.5 Å². The summed E-state index contributed by atoms with van der Waals surface area (Å²) < 4.78 is 33.1. The van der Waals surface area contributed by atoms with E-state index < -0.39 is 25.6 Å². The predicted molar refractivity (Wildman–Crippen MR) is 89.3 cm³/mol. The zero-order chi connectivity index (χ0) is 18.9. The van der Waals surface area contributed by atoms with E-state index in [4.69, 9.17) is 5.21 Å². The summed E-state index contributed by atoms with van der Waals surface area (Å²) in [5.74, 6) is -0.157. The van der Waals surface area contributed by atoms with Gasteiger partial charge in [0.25, 0.3) is 4.92 Å². The van der Waals surface area contributed by atoms with Gasteiger partial charge in [-0.2, -0.15) is 0 Å². The Morgan fingerprint density at radius 3 is 2.37 bits per heavy atom. The summed E-state index contributed by atoms with van der Waals surface area (Å²) in [5, 5.41) is 28.3. The summed E-state index contributed by atoms with van der Waals surface area (Å²) in [7, 11) is -4.82. The minimum atomic E-state index is -4.82. The van der Waals surface area contributed by atoms with Crippen LogP contribution in [0.15, 0.2) is 69.7 Å². The number of nitrogens with zero attached hydrogens (tertiary/aromatic N) is 3. The molecule has 0 saturated heterocycles. The van der Waals surface area contributed by atoms with Gasteiger partial charge in [0.2, 0.25) is 0 Å². The molecule has 132 valence electrons. The van der Waals surface area contributed by atoms with Gasteiger partial charge in [0.05, 0.1) is 9.80 Å². The molecule has 0 radical (unpaired) electrons. The first-order chi connectivity index (χ1) is 12.3. The summed E-state index contributed by atoms with van der Waals surface area (Å²) in [6.07, 6.45) is 0. The number of azo groups is 1. The molecular weight excluding hydrogens is 385 g/mol. The average molecular weight is 396 g/mol. The van der Waals surface area contributed by atoms with Crippen LogP contribution in [0.1, 0.15) is 0 Å². The fourth-order valence-electron chi connectivity index (χ4n) is 2.35. The van der Waals surface area contributed by atoms with Crippen LogP contribution in [0, 0.1) is 4.91 Å². The van der Waals surface area contributed by atoms with E-state index in [-0.39, 0.29) is 46.7 Å². The zero-order valence-corrected chi connectivity index (χ0v) is 16.8. The fraction of sp³-hybridized carbons (Fsp3) is 0. The van der Waals surface area contributed by atoms with E-state index in [1.807, 2.05) is 6.07 Å². The molecule has 0 fully saturated rings. The summed E-state index contributed by atoms with van der Waals surface area (Å²) in [6, 6.07) is 12.9. The van der Waals surface area contributed by atoms with Crippen LogP contribution < -0.4 is 29.6 Å². The Labute approximate surface area is 175 Å². The van der Waals surface area contributed by atoms with Gasteiger partial charge in [-0.05, 0) is 23.6 Å². The summed E-state index contributed by atoms with van der Waals surface area (Å²) in [5.41, 5.74) is -0.641. The molecule has 2 N–H and O–H groups in total. The molecule has 0 unspecified atom stereocenters. The van der Waals surface area contributed by atoms with Gasteiger partial charge in [-0.1, -0.05) is 30.3 Å². The number of benzene rings is 3. The maximum absolute atomic E-state index is 11.3. The summed E-state index contributed by atoms with van der Waals surface area (Å²) >= 11 is 0. The predicted octanol–water partition coefficient (Wildman–Crippen LogP) is 0.669. The topological polar surface area (TPSA) is 142 Å². The third-order valence-electron chi connectivity index (χ3n) is 3.58. The van der Waals surface area contributed by atoms with Crippen molar-refractivity contribution in [2.24, 2.45) is 10.2 Å². The third kappa shape index (κ3) is 4.49. The first-order valence-corrected chi connectivity index (χ1v) is 8.57. The molecule has 0 heterocycles. The molecule has 0 amide bonds. The van der Waals surface area contributed by atoms with Gasteiger partial charge in [-0.3, -0.25) is 0 Å². The Hall–Kier alpha value is -2.37. The van der Waals surface area contributed by atoms with Crippen molar-refractivity contribution in [3.8, 4) is 5.75 Å². The first kappa shape index (κ1) is 20.9. The molecule has 0 aliphatic carbocycles. The average Bonchev–Trinajstić information content (AvgIpc) is 2.60. The standard InChI is InChI=1S/C16H11N3O6S.Na/c20-15-8-5-10-3-1-2-4-12(10)16(15)18-17-13-7-6-11(26(23,24)25)9-14(13)19(21)22;/h1-9H,(H2-,17,20,21,22,23,24,25);/q;+1. The van der Waals surface area contributed by atoms with Crippen molar-refractivity contribution in [1.82, 2.24) is 0 Å². The summed E-state index contributed by atoms with van der Waals surface area (Å²) in [6.45, 7) is 0. The number of hydrogen-bond donors (Lipinski definition) is 2. The Bertz CT molecular complexity index is 1160. The maximum Gasteiger partial charge on any atom is 1.00 e. The molecule has 3 rings (SSSR count). The molecule has 3 aromatic rings. The van der Waals surface area contributed by atoms with Crippen molar-refractivity contribution < 1.29 is 57.8 Å². The Balaban J connectivity index is 0.00000261. The molecule has 3 aromatic carbocycles. The van der Waals surface area contributed by atoms with Gasteiger partial charge in [-0.25, -0.2) is 13.6 Å². The van der Waals surface area contributed by atoms with Crippen molar-refractivity contribution in [2.75, 3.05) is 0 Å². The van der Waals surface area contributed by atoms with Crippen molar-refractivity contribution in [3.63, 3.8) is 0 Å². The second kappa shape index (κ2) is 8.11. The van der Waals surface area contributed by atoms with Crippen LogP contribution in [0.3, 0.4) is 0 Å². The van der Waals surface area contributed by atoms with Crippen LogP contribution in [-0.2, 0) is 10.1 Å². The molecule has 0 atom stereocenters. The molecule has 0 saturated carbocycles.